The average Bonchev–Trinajstić information content (AvgIpc) is 2.60. The fourth-order valence-electron chi connectivity index (χ4n) is 2.51. The summed E-state index contributed by atoms with van der Waals surface area (Å²) < 4.78 is 57.2. The number of rotatable bonds is 4. The van der Waals surface area contributed by atoms with Crippen LogP contribution in [-0.2, 0) is 11.1 Å². The summed E-state index contributed by atoms with van der Waals surface area (Å²) in [5.74, 6) is -2.25. The second kappa shape index (κ2) is 7.51. The van der Waals surface area contributed by atoms with Gasteiger partial charge in [-0.25, -0.2) is 17.4 Å². The van der Waals surface area contributed by atoms with Crippen LogP contribution in [0.5, 0.6) is 5.75 Å². The summed E-state index contributed by atoms with van der Waals surface area (Å²) in [4.78, 5) is 0. The molecule has 0 heterocycles. The van der Waals surface area contributed by atoms with Gasteiger partial charge in [0, 0.05) is 6.26 Å². The maximum Gasteiger partial charge on any atom is 0.203 e. The van der Waals surface area contributed by atoms with Crippen molar-refractivity contribution in [1.29, 1.82) is 0 Å². The topological polar surface area (TPSA) is 26.3 Å². The van der Waals surface area contributed by atoms with Gasteiger partial charge in [0.2, 0.25) is 11.1 Å². The molecular weight excluding hydrogens is 385 g/mol. The van der Waals surface area contributed by atoms with Gasteiger partial charge in [-0.1, -0.05) is 29.8 Å². The van der Waals surface area contributed by atoms with Gasteiger partial charge < -0.3 is 4.18 Å². The van der Waals surface area contributed by atoms with E-state index in [2.05, 4.69) is 0 Å². The Kier molecular flexibility index (Phi) is 5.34. The van der Waals surface area contributed by atoms with E-state index in [0.717, 1.165) is 18.2 Å². The predicted molar refractivity (Wildman–Crippen MR) is 96.9 cm³/mol. The van der Waals surface area contributed by atoms with Crippen LogP contribution in [0.1, 0.15) is 0 Å². The Morgan fingerprint density at radius 3 is 1.88 bits per heavy atom. The maximum atomic E-state index is 13.8. The summed E-state index contributed by atoms with van der Waals surface area (Å²) in [7, 11) is 0. The molecule has 0 bridgehead atoms. The van der Waals surface area contributed by atoms with Gasteiger partial charge in [-0.2, -0.15) is 0 Å². The van der Waals surface area contributed by atoms with Crippen LogP contribution in [0, 0.1) is 17.5 Å². The van der Waals surface area contributed by atoms with E-state index >= 15 is 0 Å². The zero-order valence-corrected chi connectivity index (χ0v) is 15.0. The third kappa shape index (κ3) is 3.92. The molecule has 26 heavy (non-hydrogen) atoms. The zero-order valence-electron chi connectivity index (χ0n) is 13.4. The fourth-order valence-corrected chi connectivity index (χ4v) is 3.08. The van der Waals surface area contributed by atoms with Gasteiger partial charge in [-0.05, 0) is 58.7 Å². The molecule has 0 aromatic heterocycles. The highest BCUT2D eigenvalue weighted by atomic mass is 35.5. The Hall–Kier alpha value is -2.31. The lowest BCUT2D eigenvalue weighted by Gasteiger charge is -2.12. The zero-order chi connectivity index (χ0) is 18.8. The van der Waals surface area contributed by atoms with Crippen molar-refractivity contribution in [3.63, 3.8) is 0 Å². The predicted octanol–water partition coefficient (Wildman–Crippen LogP) is 5.76. The van der Waals surface area contributed by atoms with Crippen molar-refractivity contribution < 1.29 is 21.6 Å². The first-order valence-corrected chi connectivity index (χ1v) is 9.28. The minimum Gasteiger partial charge on any atom is -0.401 e. The summed E-state index contributed by atoms with van der Waals surface area (Å²) in [5, 5.41) is -0.118. The van der Waals surface area contributed by atoms with Gasteiger partial charge in [0.15, 0.2) is 11.6 Å². The van der Waals surface area contributed by atoms with Crippen LogP contribution >= 0.6 is 11.6 Å². The van der Waals surface area contributed by atoms with E-state index in [1.165, 1.54) is 18.4 Å². The Bertz CT molecular complexity index is 991. The van der Waals surface area contributed by atoms with Crippen LogP contribution in [0.3, 0.4) is 0 Å². The van der Waals surface area contributed by atoms with Gasteiger partial charge in [-0.15, -0.1) is 0 Å². The van der Waals surface area contributed by atoms with Crippen molar-refractivity contribution in [2.24, 2.45) is 0 Å². The van der Waals surface area contributed by atoms with E-state index in [9.17, 15) is 17.4 Å². The summed E-state index contributed by atoms with van der Waals surface area (Å²) in [5.41, 5.74) is 1.78. The first kappa shape index (κ1) is 18.5. The van der Waals surface area contributed by atoms with Gasteiger partial charge in [0.05, 0.1) is 5.02 Å². The largest absolute Gasteiger partial charge is 0.401 e. The molecule has 1 atom stereocenters. The Morgan fingerprint density at radius 2 is 1.35 bits per heavy atom. The fraction of sp³-hybridized carbons (Fsp3) is 0.0526. The second-order valence-electron chi connectivity index (χ2n) is 5.45. The third-order valence-electron chi connectivity index (χ3n) is 3.67. The van der Waals surface area contributed by atoms with E-state index in [1.54, 1.807) is 24.3 Å². The van der Waals surface area contributed by atoms with E-state index < -0.39 is 28.5 Å². The highest BCUT2D eigenvalue weighted by Crippen LogP contribution is 2.36. The molecule has 3 aromatic rings. The minimum absolute atomic E-state index is 0.118. The van der Waals surface area contributed by atoms with Crippen molar-refractivity contribution in [2.75, 3.05) is 6.26 Å². The highest BCUT2D eigenvalue weighted by Gasteiger charge is 2.15. The molecule has 134 valence electrons. The Labute approximate surface area is 155 Å². The minimum atomic E-state index is -1.47. The smallest absolute Gasteiger partial charge is 0.203 e. The standard InChI is InChI=1S/C19H12ClF3O2S/c1-26(24)25-13-5-2-11(3-6-13)14-9-18(22)19(23)10-15(14)12-4-7-17(21)16(20)8-12/h2-10H,1H3. The van der Waals surface area contributed by atoms with Gasteiger partial charge in [-0.3, -0.25) is 0 Å². The molecule has 0 spiro atoms. The summed E-state index contributed by atoms with van der Waals surface area (Å²) in [6.45, 7) is 0. The molecule has 0 fully saturated rings. The van der Waals surface area contributed by atoms with Crippen LogP contribution < -0.4 is 4.18 Å². The van der Waals surface area contributed by atoms with E-state index in [1.807, 2.05) is 0 Å². The second-order valence-corrected chi connectivity index (χ2v) is 6.83. The normalized spacial score (nSPS) is 12.0. The molecule has 3 rings (SSSR count). The monoisotopic (exact) mass is 396 g/mol. The van der Waals surface area contributed by atoms with E-state index in [0.29, 0.717) is 28.0 Å². The quantitative estimate of drug-likeness (QED) is 0.560. The van der Waals surface area contributed by atoms with Crippen LogP contribution in [-0.4, -0.2) is 10.5 Å². The lowest BCUT2D eigenvalue weighted by atomic mass is 9.94. The van der Waals surface area contributed by atoms with Crippen LogP contribution in [0.2, 0.25) is 5.02 Å². The SMILES string of the molecule is CS(=O)Oc1ccc(-c2cc(F)c(F)cc2-c2ccc(F)c(Cl)c2)cc1. The molecule has 0 amide bonds. The van der Waals surface area contributed by atoms with Gasteiger partial charge >= 0.3 is 0 Å². The molecule has 0 radical (unpaired) electrons. The van der Waals surface area contributed by atoms with Crippen LogP contribution in [0.15, 0.2) is 54.6 Å². The number of hydrogen-bond donors (Lipinski definition) is 0. The molecule has 2 nitrogen and oxygen atoms in total. The lowest BCUT2D eigenvalue weighted by Crippen LogP contribution is -1.96. The average molecular weight is 397 g/mol. The molecule has 0 saturated carbocycles. The third-order valence-corrected chi connectivity index (χ3v) is 4.39. The molecule has 0 aliphatic rings. The van der Waals surface area contributed by atoms with Crippen molar-refractivity contribution in [3.05, 3.63) is 77.1 Å². The van der Waals surface area contributed by atoms with E-state index in [-0.39, 0.29) is 5.02 Å². The summed E-state index contributed by atoms with van der Waals surface area (Å²) in [6.07, 6.45) is 1.39. The van der Waals surface area contributed by atoms with Crippen molar-refractivity contribution >= 4 is 22.7 Å². The molecule has 0 aliphatic heterocycles. The number of hydrogen-bond acceptors (Lipinski definition) is 2. The summed E-state index contributed by atoms with van der Waals surface area (Å²) in [6, 6.07) is 12.5. The van der Waals surface area contributed by atoms with Gasteiger partial charge in [0.25, 0.3) is 0 Å². The van der Waals surface area contributed by atoms with E-state index in [4.69, 9.17) is 15.8 Å². The first-order chi connectivity index (χ1) is 12.3. The molecule has 0 aliphatic carbocycles. The Morgan fingerprint density at radius 1 is 0.808 bits per heavy atom. The molecule has 7 heteroatoms. The molecule has 0 saturated heterocycles. The highest BCUT2D eigenvalue weighted by molar-refractivity contribution is 7.79. The van der Waals surface area contributed by atoms with Crippen molar-refractivity contribution in [2.45, 2.75) is 0 Å². The molecular formula is C19H12ClF3O2S. The Balaban J connectivity index is 2.13. The first-order valence-electron chi connectivity index (χ1n) is 7.42. The number of halogens is 4. The van der Waals surface area contributed by atoms with Crippen LogP contribution in [0.4, 0.5) is 13.2 Å². The van der Waals surface area contributed by atoms with Gasteiger partial charge in [0.1, 0.15) is 11.6 Å². The molecule has 1 unspecified atom stereocenters. The molecule has 3 aromatic carbocycles. The van der Waals surface area contributed by atoms with Crippen molar-refractivity contribution in [1.82, 2.24) is 0 Å². The lowest BCUT2D eigenvalue weighted by molar-refractivity contribution is 0.509. The summed E-state index contributed by atoms with van der Waals surface area (Å²) >= 11 is 4.34. The number of benzene rings is 3. The van der Waals surface area contributed by atoms with Crippen molar-refractivity contribution in [3.8, 4) is 28.0 Å². The molecule has 0 N–H and O–H groups in total. The maximum absolute atomic E-state index is 13.8. The van der Waals surface area contributed by atoms with Crippen LogP contribution in [0.25, 0.3) is 22.3 Å².